The van der Waals surface area contributed by atoms with Gasteiger partial charge in [-0.1, -0.05) is 12.7 Å². The third-order valence-electron chi connectivity index (χ3n) is 2.55. The van der Waals surface area contributed by atoms with Gasteiger partial charge in [0.15, 0.2) is 6.61 Å². The summed E-state index contributed by atoms with van der Waals surface area (Å²) in [6.45, 7) is 6.07. The van der Waals surface area contributed by atoms with Gasteiger partial charge in [-0.05, 0) is 36.8 Å². The molecule has 1 amide bonds. The predicted molar refractivity (Wildman–Crippen MR) is 75.4 cm³/mol. The van der Waals surface area contributed by atoms with Crippen LogP contribution in [0.4, 0.5) is 18.9 Å². The molecule has 0 aliphatic carbocycles. The van der Waals surface area contributed by atoms with Crippen molar-refractivity contribution < 1.29 is 22.7 Å². The number of nitrogens with zero attached hydrogens (tertiary/aromatic N) is 1. The van der Waals surface area contributed by atoms with Crippen molar-refractivity contribution in [3.8, 4) is 5.75 Å². The smallest absolute Gasteiger partial charge is 0.422 e. The first-order chi connectivity index (χ1) is 9.87. The molecule has 0 atom stereocenters. The number of carbonyl (C=O) groups is 1. The summed E-state index contributed by atoms with van der Waals surface area (Å²) in [6.07, 6.45) is -0.944. The zero-order valence-corrected chi connectivity index (χ0v) is 11.4. The molecule has 0 unspecified atom stereocenters. The van der Waals surface area contributed by atoms with Gasteiger partial charge in [-0.25, -0.2) is 0 Å². The minimum atomic E-state index is -4.38. The molecule has 0 radical (unpaired) electrons. The van der Waals surface area contributed by atoms with E-state index in [1.807, 2.05) is 0 Å². The highest BCUT2D eigenvalue weighted by Crippen LogP contribution is 2.22. The number of anilines is 1. The quantitative estimate of drug-likeness (QED) is 0.567. The fourth-order valence-electron chi connectivity index (χ4n) is 1.58. The molecule has 1 rings (SSSR count). The number of rotatable bonds is 7. The van der Waals surface area contributed by atoms with Crippen molar-refractivity contribution in [2.75, 3.05) is 18.1 Å². The number of hydrogen-bond donors (Lipinski definition) is 0. The molecular formula is C15H16F3NO2. The van der Waals surface area contributed by atoms with Crippen LogP contribution in [0.2, 0.25) is 0 Å². The Morgan fingerprint density at radius 3 is 2.33 bits per heavy atom. The zero-order chi connectivity index (χ0) is 15.9. The van der Waals surface area contributed by atoms with E-state index < -0.39 is 12.8 Å². The molecule has 0 aliphatic rings. The number of ether oxygens (including phenoxy) is 1. The van der Waals surface area contributed by atoms with Gasteiger partial charge >= 0.3 is 6.18 Å². The molecule has 6 heteroatoms. The summed E-state index contributed by atoms with van der Waals surface area (Å²) in [5.74, 6) is -0.202. The second kappa shape index (κ2) is 7.52. The van der Waals surface area contributed by atoms with Gasteiger partial charge in [-0.15, -0.1) is 6.58 Å². The molecule has 3 nitrogen and oxygen atoms in total. The van der Waals surface area contributed by atoms with Crippen molar-refractivity contribution in [3.05, 3.63) is 49.6 Å². The standard InChI is InChI=1S/C15H16F3NO2/c1-3-5-10-19(14(20)4-2)12-6-8-13(9-7-12)21-11-15(16,17)18/h3-4,6-9H,1-2,5,10-11H2. The lowest BCUT2D eigenvalue weighted by Crippen LogP contribution is -2.29. The van der Waals surface area contributed by atoms with E-state index in [2.05, 4.69) is 17.9 Å². The highest BCUT2D eigenvalue weighted by Gasteiger charge is 2.28. The molecule has 114 valence electrons. The molecule has 0 heterocycles. The zero-order valence-electron chi connectivity index (χ0n) is 11.4. The predicted octanol–water partition coefficient (Wildman–Crippen LogP) is 3.72. The maximum atomic E-state index is 12.0. The van der Waals surface area contributed by atoms with Gasteiger partial charge in [0, 0.05) is 12.2 Å². The van der Waals surface area contributed by atoms with Crippen LogP contribution >= 0.6 is 0 Å². The Bertz CT molecular complexity index is 495. The van der Waals surface area contributed by atoms with Crippen molar-refractivity contribution in [2.45, 2.75) is 12.6 Å². The summed E-state index contributed by atoms with van der Waals surface area (Å²) in [6, 6.07) is 5.82. The summed E-state index contributed by atoms with van der Waals surface area (Å²) in [7, 11) is 0. The van der Waals surface area contributed by atoms with Crippen LogP contribution in [0.5, 0.6) is 5.75 Å². The lowest BCUT2D eigenvalue weighted by molar-refractivity contribution is -0.153. The van der Waals surface area contributed by atoms with E-state index in [-0.39, 0.29) is 11.7 Å². The van der Waals surface area contributed by atoms with E-state index >= 15 is 0 Å². The maximum Gasteiger partial charge on any atom is 0.422 e. The largest absolute Gasteiger partial charge is 0.484 e. The van der Waals surface area contributed by atoms with Gasteiger partial charge in [0.2, 0.25) is 5.91 Å². The van der Waals surface area contributed by atoms with Crippen LogP contribution in [0.1, 0.15) is 6.42 Å². The highest BCUT2D eigenvalue weighted by molar-refractivity contribution is 6.01. The molecule has 0 saturated heterocycles. The molecule has 0 aliphatic heterocycles. The normalized spacial score (nSPS) is 10.8. The monoisotopic (exact) mass is 299 g/mol. The molecular weight excluding hydrogens is 283 g/mol. The third kappa shape index (κ3) is 5.72. The maximum absolute atomic E-state index is 12.0. The summed E-state index contributed by atoms with van der Waals surface area (Å²) in [4.78, 5) is 13.2. The van der Waals surface area contributed by atoms with Crippen LogP contribution in [0.15, 0.2) is 49.6 Å². The molecule has 0 N–H and O–H groups in total. The van der Waals surface area contributed by atoms with E-state index in [0.29, 0.717) is 18.7 Å². The Morgan fingerprint density at radius 2 is 1.86 bits per heavy atom. The van der Waals surface area contributed by atoms with Gasteiger partial charge in [0.05, 0.1) is 0 Å². The number of carbonyl (C=O) groups excluding carboxylic acids is 1. The van der Waals surface area contributed by atoms with E-state index in [1.165, 1.54) is 35.2 Å². The second-order valence-corrected chi connectivity index (χ2v) is 4.17. The fraction of sp³-hybridized carbons (Fsp3) is 0.267. The van der Waals surface area contributed by atoms with Crippen LogP contribution in [-0.4, -0.2) is 25.2 Å². The number of hydrogen-bond acceptors (Lipinski definition) is 2. The SMILES string of the molecule is C=CCCN(C(=O)C=C)c1ccc(OCC(F)(F)F)cc1. The number of benzene rings is 1. The van der Waals surface area contributed by atoms with Crippen LogP contribution in [0.3, 0.4) is 0 Å². The van der Waals surface area contributed by atoms with Crippen molar-refractivity contribution >= 4 is 11.6 Å². The van der Waals surface area contributed by atoms with Crippen molar-refractivity contribution in [3.63, 3.8) is 0 Å². The first-order valence-corrected chi connectivity index (χ1v) is 6.22. The minimum absolute atomic E-state index is 0.0887. The minimum Gasteiger partial charge on any atom is -0.484 e. The summed E-state index contributed by atoms with van der Waals surface area (Å²) in [5.41, 5.74) is 0.557. The van der Waals surface area contributed by atoms with Crippen LogP contribution < -0.4 is 9.64 Å². The lowest BCUT2D eigenvalue weighted by Gasteiger charge is -2.21. The van der Waals surface area contributed by atoms with Gasteiger partial charge in [0.1, 0.15) is 5.75 Å². The van der Waals surface area contributed by atoms with E-state index in [9.17, 15) is 18.0 Å². The molecule has 1 aromatic rings. The Kier molecular flexibility index (Phi) is 6.02. The number of amides is 1. The van der Waals surface area contributed by atoms with E-state index in [4.69, 9.17) is 0 Å². The van der Waals surface area contributed by atoms with E-state index in [0.717, 1.165) is 0 Å². The topological polar surface area (TPSA) is 29.5 Å². The summed E-state index contributed by atoms with van der Waals surface area (Å²) in [5, 5.41) is 0. The van der Waals surface area contributed by atoms with Crippen molar-refractivity contribution in [1.82, 2.24) is 0 Å². The average Bonchev–Trinajstić information content (AvgIpc) is 2.45. The fourth-order valence-corrected chi connectivity index (χ4v) is 1.58. The molecule has 0 aromatic heterocycles. The summed E-state index contributed by atoms with van der Waals surface area (Å²) < 4.78 is 40.7. The van der Waals surface area contributed by atoms with Crippen molar-refractivity contribution in [1.29, 1.82) is 0 Å². The third-order valence-corrected chi connectivity index (χ3v) is 2.55. The first-order valence-electron chi connectivity index (χ1n) is 6.22. The van der Waals surface area contributed by atoms with Crippen LogP contribution in [0, 0.1) is 0 Å². The molecule has 0 saturated carbocycles. The van der Waals surface area contributed by atoms with Gasteiger partial charge in [-0.2, -0.15) is 13.2 Å². The molecule has 0 fully saturated rings. The number of alkyl halides is 3. The Balaban J connectivity index is 2.79. The molecule has 21 heavy (non-hydrogen) atoms. The van der Waals surface area contributed by atoms with Crippen molar-refractivity contribution in [2.24, 2.45) is 0 Å². The van der Waals surface area contributed by atoms with Crippen LogP contribution in [-0.2, 0) is 4.79 Å². The van der Waals surface area contributed by atoms with Gasteiger partial charge in [-0.3, -0.25) is 4.79 Å². The Hall–Kier alpha value is -2.24. The second-order valence-electron chi connectivity index (χ2n) is 4.17. The van der Waals surface area contributed by atoms with Crippen LogP contribution in [0.25, 0.3) is 0 Å². The Labute approximate surface area is 121 Å². The highest BCUT2D eigenvalue weighted by atomic mass is 19.4. The number of halogens is 3. The Morgan fingerprint density at radius 1 is 1.24 bits per heavy atom. The summed E-state index contributed by atoms with van der Waals surface area (Å²) >= 11 is 0. The molecule has 1 aromatic carbocycles. The molecule has 0 spiro atoms. The lowest BCUT2D eigenvalue weighted by atomic mass is 10.2. The van der Waals surface area contributed by atoms with Gasteiger partial charge in [0.25, 0.3) is 0 Å². The van der Waals surface area contributed by atoms with Gasteiger partial charge < -0.3 is 9.64 Å². The average molecular weight is 299 g/mol. The first kappa shape index (κ1) is 16.8. The molecule has 0 bridgehead atoms. The van der Waals surface area contributed by atoms with E-state index in [1.54, 1.807) is 6.08 Å².